The van der Waals surface area contributed by atoms with Gasteiger partial charge in [0.2, 0.25) is 5.82 Å². The van der Waals surface area contributed by atoms with E-state index in [-0.39, 0.29) is 11.7 Å². The number of alkyl halides is 3. The van der Waals surface area contributed by atoms with Crippen molar-refractivity contribution < 1.29 is 22.4 Å². The summed E-state index contributed by atoms with van der Waals surface area (Å²) in [5, 5.41) is 3.44. The van der Waals surface area contributed by atoms with Crippen molar-refractivity contribution in [1.82, 2.24) is 19.2 Å². The lowest BCUT2D eigenvalue weighted by atomic mass is 10.1. The summed E-state index contributed by atoms with van der Waals surface area (Å²) in [6.07, 6.45) is -2.59. The summed E-state index contributed by atoms with van der Waals surface area (Å²) < 4.78 is 44.9. The number of piperidine rings is 1. The fourth-order valence-corrected chi connectivity index (χ4v) is 2.81. The van der Waals surface area contributed by atoms with Crippen LogP contribution in [0.25, 0.3) is 0 Å². The normalized spacial score (nSPS) is 16.6. The smallest absolute Gasteiger partial charge is 0.451 e. The van der Waals surface area contributed by atoms with Gasteiger partial charge in [0, 0.05) is 20.1 Å². The number of hydrogen-bond acceptors (Lipinski definition) is 4. The number of nitrogens with zero attached hydrogens (tertiary/aromatic N) is 4. The molecule has 0 aromatic carbocycles. The van der Waals surface area contributed by atoms with Crippen LogP contribution in [0.3, 0.4) is 0 Å². The van der Waals surface area contributed by atoms with E-state index in [4.69, 9.17) is 4.42 Å². The zero-order valence-corrected chi connectivity index (χ0v) is 12.8. The third-order valence-corrected chi connectivity index (χ3v) is 4.09. The van der Waals surface area contributed by atoms with Gasteiger partial charge in [0.1, 0.15) is 0 Å². The number of carbonyl (C=O) groups is 1. The molecule has 3 rings (SSSR count). The molecule has 0 unspecified atom stereocenters. The summed E-state index contributed by atoms with van der Waals surface area (Å²) in [6.45, 7) is 0.628. The first-order chi connectivity index (χ1) is 11.3. The highest BCUT2D eigenvalue weighted by molar-refractivity contribution is 5.91. The highest BCUT2D eigenvalue weighted by Crippen LogP contribution is 2.28. The number of amides is 1. The van der Waals surface area contributed by atoms with E-state index in [1.165, 1.54) is 6.26 Å². The molecule has 0 bridgehead atoms. The maximum Gasteiger partial charge on any atom is 0.451 e. The Morgan fingerprint density at radius 2 is 2.00 bits per heavy atom. The van der Waals surface area contributed by atoms with Crippen LogP contribution in [0.5, 0.6) is 0 Å². The molecule has 10 heteroatoms. The van der Waals surface area contributed by atoms with Gasteiger partial charge in [-0.05, 0) is 25.0 Å². The largest absolute Gasteiger partial charge is 0.459 e. The Labute approximate surface area is 134 Å². The van der Waals surface area contributed by atoms with Gasteiger partial charge in [-0.2, -0.15) is 13.2 Å². The Kier molecular flexibility index (Phi) is 3.98. The van der Waals surface area contributed by atoms with Crippen molar-refractivity contribution in [3.05, 3.63) is 40.5 Å². The van der Waals surface area contributed by atoms with Gasteiger partial charge in [0.25, 0.3) is 5.91 Å². The quantitative estimate of drug-likeness (QED) is 0.831. The number of likely N-dealkylation sites (tertiary alicyclic amines) is 1. The summed E-state index contributed by atoms with van der Waals surface area (Å²) in [7, 11) is 1.05. The predicted molar refractivity (Wildman–Crippen MR) is 75.4 cm³/mol. The minimum Gasteiger partial charge on any atom is -0.459 e. The van der Waals surface area contributed by atoms with Crippen LogP contribution in [0, 0.1) is 0 Å². The highest BCUT2D eigenvalue weighted by Gasteiger charge is 2.39. The van der Waals surface area contributed by atoms with Crippen LogP contribution in [0.1, 0.15) is 35.3 Å². The SMILES string of the molecule is Cn1c(C(F)(F)F)nn(C2CCN(C(=O)c3ccco3)CC2)c1=O. The van der Waals surface area contributed by atoms with Crippen molar-refractivity contribution in [2.45, 2.75) is 25.1 Å². The van der Waals surface area contributed by atoms with Crippen LogP contribution in [-0.4, -0.2) is 38.2 Å². The zero-order chi connectivity index (χ0) is 17.5. The predicted octanol–water partition coefficient (Wildman–Crippen LogP) is 1.67. The van der Waals surface area contributed by atoms with Gasteiger partial charge in [-0.3, -0.25) is 9.36 Å². The van der Waals surface area contributed by atoms with Crippen molar-refractivity contribution in [2.75, 3.05) is 13.1 Å². The molecule has 1 aliphatic rings. The van der Waals surface area contributed by atoms with Crippen molar-refractivity contribution in [1.29, 1.82) is 0 Å². The Morgan fingerprint density at radius 1 is 1.33 bits per heavy atom. The van der Waals surface area contributed by atoms with Gasteiger partial charge >= 0.3 is 11.9 Å². The van der Waals surface area contributed by atoms with E-state index in [0.717, 1.165) is 11.7 Å². The standard InChI is InChI=1S/C14H15F3N4O3/c1-19-12(14(15,16)17)18-21(13(19)23)9-4-6-20(7-5-9)11(22)10-3-2-8-24-10/h2-3,8-9H,4-7H2,1H3. The first-order valence-corrected chi connectivity index (χ1v) is 7.34. The second-order valence-electron chi connectivity index (χ2n) is 5.61. The third-order valence-electron chi connectivity index (χ3n) is 4.09. The van der Waals surface area contributed by atoms with Gasteiger partial charge in [-0.1, -0.05) is 0 Å². The lowest BCUT2D eigenvalue weighted by Crippen LogP contribution is -2.41. The topological polar surface area (TPSA) is 73.3 Å². The van der Waals surface area contributed by atoms with Crippen LogP contribution in [-0.2, 0) is 13.2 Å². The van der Waals surface area contributed by atoms with Crippen LogP contribution < -0.4 is 5.69 Å². The number of rotatable bonds is 2. The second kappa shape index (κ2) is 5.84. The molecule has 3 heterocycles. The first kappa shape index (κ1) is 16.3. The van der Waals surface area contributed by atoms with Crippen molar-refractivity contribution >= 4 is 5.91 Å². The maximum absolute atomic E-state index is 12.8. The number of furan rings is 1. The van der Waals surface area contributed by atoms with E-state index < -0.39 is 23.7 Å². The molecule has 130 valence electrons. The Morgan fingerprint density at radius 3 is 2.50 bits per heavy atom. The minimum atomic E-state index is -4.69. The molecule has 0 atom stereocenters. The molecule has 1 aliphatic heterocycles. The van der Waals surface area contributed by atoms with Crippen LogP contribution in [0.4, 0.5) is 13.2 Å². The van der Waals surface area contributed by atoms with Crippen molar-refractivity contribution in [2.24, 2.45) is 7.05 Å². The Balaban J connectivity index is 1.74. The van der Waals surface area contributed by atoms with E-state index in [1.54, 1.807) is 17.0 Å². The van der Waals surface area contributed by atoms with Crippen LogP contribution in [0.2, 0.25) is 0 Å². The molecule has 2 aromatic heterocycles. The lowest BCUT2D eigenvalue weighted by Gasteiger charge is -2.31. The maximum atomic E-state index is 12.8. The minimum absolute atomic E-state index is 0.211. The van der Waals surface area contributed by atoms with Gasteiger partial charge in [-0.25, -0.2) is 9.48 Å². The van der Waals surface area contributed by atoms with Crippen molar-refractivity contribution in [3.8, 4) is 0 Å². The first-order valence-electron chi connectivity index (χ1n) is 7.34. The summed E-state index contributed by atoms with van der Waals surface area (Å²) in [5.74, 6) is -1.28. The molecule has 0 aliphatic carbocycles. The molecular formula is C14H15F3N4O3. The van der Waals surface area contributed by atoms with E-state index in [9.17, 15) is 22.8 Å². The molecule has 1 fully saturated rings. The summed E-state index contributed by atoms with van der Waals surface area (Å²) >= 11 is 0. The fourth-order valence-electron chi connectivity index (χ4n) is 2.81. The molecule has 0 radical (unpaired) electrons. The Hall–Kier alpha value is -2.52. The number of hydrogen-bond donors (Lipinski definition) is 0. The van der Waals surface area contributed by atoms with Crippen molar-refractivity contribution in [3.63, 3.8) is 0 Å². The zero-order valence-electron chi connectivity index (χ0n) is 12.8. The molecule has 0 saturated carbocycles. The molecule has 7 nitrogen and oxygen atoms in total. The third kappa shape index (κ3) is 2.83. The molecule has 0 N–H and O–H groups in total. The monoisotopic (exact) mass is 344 g/mol. The van der Waals surface area contributed by atoms with Gasteiger partial charge in [0.15, 0.2) is 5.76 Å². The summed E-state index contributed by atoms with van der Waals surface area (Å²) in [6, 6.07) is 2.68. The molecular weight excluding hydrogens is 329 g/mol. The molecule has 24 heavy (non-hydrogen) atoms. The highest BCUT2D eigenvalue weighted by atomic mass is 19.4. The summed E-state index contributed by atoms with van der Waals surface area (Å²) in [5.41, 5.74) is -0.807. The van der Waals surface area contributed by atoms with Gasteiger partial charge in [-0.15, -0.1) is 5.10 Å². The lowest BCUT2D eigenvalue weighted by molar-refractivity contribution is -0.147. The summed E-state index contributed by atoms with van der Waals surface area (Å²) in [4.78, 5) is 25.7. The van der Waals surface area contributed by atoms with E-state index in [0.29, 0.717) is 30.5 Å². The van der Waals surface area contributed by atoms with Crippen LogP contribution >= 0.6 is 0 Å². The van der Waals surface area contributed by atoms with Crippen LogP contribution in [0.15, 0.2) is 27.6 Å². The molecule has 1 amide bonds. The molecule has 0 spiro atoms. The second-order valence-corrected chi connectivity index (χ2v) is 5.61. The van der Waals surface area contributed by atoms with Gasteiger partial charge < -0.3 is 9.32 Å². The van der Waals surface area contributed by atoms with E-state index in [1.807, 2.05) is 0 Å². The number of halogens is 3. The number of aromatic nitrogens is 3. The Bertz CT molecular complexity index is 783. The van der Waals surface area contributed by atoms with E-state index >= 15 is 0 Å². The average Bonchev–Trinajstić information content (AvgIpc) is 3.16. The average molecular weight is 344 g/mol. The molecule has 2 aromatic rings. The molecule has 1 saturated heterocycles. The fraction of sp³-hybridized carbons (Fsp3) is 0.500. The van der Waals surface area contributed by atoms with Gasteiger partial charge in [0.05, 0.1) is 12.3 Å². The van der Waals surface area contributed by atoms with E-state index in [2.05, 4.69) is 5.10 Å². The number of carbonyl (C=O) groups excluding carboxylic acids is 1.